The van der Waals surface area contributed by atoms with Gasteiger partial charge in [0.15, 0.2) is 5.16 Å². The molecule has 16 heavy (non-hydrogen) atoms. The molecular weight excluding hydrogens is 226 g/mol. The van der Waals surface area contributed by atoms with Crippen LogP contribution in [0.3, 0.4) is 0 Å². The smallest absolute Gasteiger partial charge is 0.298 e. The number of ketones is 1. The first-order valence-corrected chi connectivity index (χ1v) is 6.40. The van der Waals surface area contributed by atoms with Gasteiger partial charge in [-0.05, 0) is 26.7 Å². The summed E-state index contributed by atoms with van der Waals surface area (Å²) in [6, 6.07) is 0.0600. The van der Waals surface area contributed by atoms with Gasteiger partial charge in [0, 0.05) is 12.0 Å². The molecule has 1 aliphatic rings. The van der Waals surface area contributed by atoms with Crippen molar-refractivity contribution in [2.75, 3.05) is 5.75 Å². The minimum atomic E-state index is -0.212. The average Bonchev–Trinajstić information content (AvgIpc) is 2.99. The summed E-state index contributed by atoms with van der Waals surface area (Å²) in [7, 11) is 0. The van der Waals surface area contributed by atoms with Crippen molar-refractivity contribution in [3.8, 4) is 0 Å². The van der Waals surface area contributed by atoms with E-state index < -0.39 is 0 Å². The Morgan fingerprint density at radius 1 is 1.62 bits per heavy atom. The molecule has 0 amide bonds. The van der Waals surface area contributed by atoms with Crippen molar-refractivity contribution in [3.05, 3.63) is 10.5 Å². The zero-order chi connectivity index (χ0) is 11.7. The highest BCUT2D eigenvalue weighted by Crippen LogP contribution is 2.31. The van der Waals surface area contributed by atoms with Gasteiger partial charge in [0.1, 0.15) is 5.78 Å². The standard InChI is InChI=1S/C10H15N3O2S/c1-6(2)13-9(15)11-12-10(13)16-5-8(14)7-3-4-7/h6-7H,3-5H2,1-2H3,(H,11,15). The molecule has 0 bridgehead atoms. The van der Waals surface area contributed by atoms with E-state index in [0.29, 0.717) is 10.9 Å². The molecule has 1 aromatic rings. The summed E-state index contributed by atoms with van der Waals surface area (Å²) >= 11 is 1.34. The Balaban J connectivity index is 2.03. The molecule has 1 aliphatic carbocycles. The number of nitrogens with one attached hydrogen (secondary N) is 1. The van der Waals surface area contributed by atoms with Crippen molar-refractivity contribution >= 4 is 17.5 Å². The number of nitrogens with zero attached hydrogens (tertiary/aromatic N) is 2. The number of hydrogen-bond acceptors (Lipinski definition) is 4. The maximum atomic E-state index is 11.5. The molecule has 1 heterocycles. The highest BCUT2D eigenvalue weighted by Gasteiger charge is 2.29. The van der Waals surface area contributed by atoms with Crippen LogP contribution in [0.15, 0.2) is 9.95 Å². The average molecular weight is 241 g/mol. The Morgan fingerprint density at radius 3 is 2.88 bits per heavy atom. The predicted molar refractivity (Wildman–Crippen MR) is 61.7 cm³/mol. The molecule has 1 aromatic heterocycles. The Morgan fingerprint density at radius 2 is 2.31 bits per heavy atom. The van der Waals surface area contributed by atoms with E-state index in [4.69, 9.17) is 0 Å². The number of carbonyl (C=O) groups excluding carboxylic acids is 1. The molecule has 0 spiro atoms. The first-order valence-electron chi connectivity index (χ1n) is 5.42. The Kier molecular flexibility index (Phi) is 3.18. The predicted octanol–water partition coefficient (Wildman–Crippen LogP) is 1.22. The van der Waals surface area contributed by atoms with Gasteiger partial charge in [0.25, 0.3) is 0 Å². The number of Topliss-reactive ketones (excluding diaryl/α,β-unsaturated/α-hetero) is 1. The first-order chi connectivity index (χ1) is 7.59. The fraction of sp³-hybridized carbons (Fsp3) is 0.700. The van der Waals surface area contributed by atoms with Crippen LogP contribution in [0.5, 0.6) is 0 Å². The molecule has 0 saturated heterocycles. The fourth-order valence-electron chi connectivity index (χ4n) is 1.51. The van der Waals surface area contributed by atoms with Gasteiger partial charge in [-0.2, -0.15) is 0 Å². The number of H-pyrrole nitrogens is 1. The quantitative estimate of drug-likeness (QED) is 0.787. The Bertz CT molecular complexity index is 445. The zero-order valence-electron chi connectivity index (χ0n) is 9.40. The number of aromatic nitrogens is 3. The molecule has 0 aliphatic heterocycles. The highest BCUT2D eigenvalue weighted by molar-refractivity contribution is 7.99. The van der Waals surface area contributed by atoms with E-state index in [0.717, 1.165) is 12.8 Å². The van der Waals surface area contributed by atoms with Crippen molar-refractivity contribution in [2.45, 2.75) is 37.9 Å². The second-order valence-corrected chi connectivity index (χ2v) is 5.25. The second kappa shape index (κ2) is 4.45. The van der Waals surface area contributed by atoms with Crippen LogP contribution in [0.25, 0.3) is 0 Å². The third kappa shape index (κ3) is 2.37. The van der Waals surface area contributed by atoms with E-state index in [9.17, 15) is 9.59 Å². The van der Waals surface area contributed by atoms with E-state index in [1.54, 1.807) is 4.57 Å². The minimum absolute atomic E-state index is 0.0600. The normalized spacial score (nSPS) is 15.7. The van der Waals surface area contributed by atoms with Crippen molar-refractivity contribution in [1.82, 2.24) is 14.8 Å². The van der Waals surface area contributed by atoms with Crippen LogP contribution in [-0.4, -0.2) is 26.3 Å². The van der Waals surface area contributed by atoms with Crippen molar-refractivity contribution < 1.29 is 4.79 Å². The molecular formula is C10H15N3O2S. The third-order valence-electron chi connectivity index (χ3n) is 2.56. The van der Waals surface area contributed by atoms with E-state index in [1.165, 1.54) is 11.8 Å². The van der Waals surface area contributed by atoms with Gasteiger partial charge in [-0.1, -0.05) is 11.8 Å². The van der Waals surface area contributed by atoms with Crippen LogP contribution in [0.1, 0.15) is 32.7 Å². The van der Waals surface area contributed by atoms with Gasteiger partial charge < -0.3 is 0 Å². The van der Waals surface area contributed by atoms with Gasteiger partial charge in [-0.15, -0.1) is 5.10 Å². The molecule has 0 aromatic carbocycles. The van der Waals surface area contributed by atoms with Gasteiger partial charge >= 0.3 is 5.69 Å². The summed E-state index contributed by atoms with van der Waals surface area (Å²) in [5.74, 6) is 0.961. The van der Waals surface area contributed by atoms with Crippen LogP contribution in [0, 0.1) is 5.92 Å². The lowest BCUT2D eigenvalue weighted by Gasteiger charge is -2.07. The SMILES string of the molecule is CC(C)n1c(SCC(=O)C2CC2)n[nH]c1=O. The Hall–Kier alpha value is -1.04. The van der Waals surface area contributed by atoms with E-state index in [2.05, 4.69) is 10.2 Å². The monoisotopic (exact) mass is 241 g/mol. The number of hydrogen-bond donors (Lipinski definition) is 1. The van der Waals surface area contributed by atoms with Crippen molar-refractivity contribution in [3.63, 3.8) is 0 Å². The lowest BCUT2D eigenvalue weighted by molar-refractivity contribution is -0.117. The van der Waals surface area contributed by atoms with E-state index in [-0.39, 0.29) is 23.4 Å². The molecule has 1 saturated carbocycles. The molecule has 1 fully saturated rings. The number of carbonyl (C=O) groups is 1. The summed E-state index contributed by atoms with van der Waals surface area (Å²) in [6.07, 6.45) is 2.05. The van der Waals surface area contributed by atoms with E-state index >= 15 is 0 Å². The maximum Gasteiger partial charge on any atom is 0.344 e. The molecule has 0 radical (unpaired) electrons. The lowest BCUT2D eigenvalue weighted by Crippen LogP contribution is -2.19. The molecule has 88 valence electrons. The molecule has 6 heteroatoms. The Labute approximate surface area is 97.6 Å². The van der Waals surface area contributed by atoms with Gasteiger partial charge in [0.2, 0.25) is 0 Å². The van der Waals surface area contributed by atoms with Crippen LogP contribution in [-0.2, 0) is 4.79 Å². The van der Waals surface area contributed by atoms with Gasteiger partial charge in [-0.3, -0.25) is 9.36 Å². The second-order valence-electron chi connectivity index (χ2n) is 4.30. The summed E-state index contributed by atoms with van der Waals surface area (Å²) in [5.41, 5.74) is -0.212. The number of aromatic amines is 1. The number of rotatable bonds is 5. The molecule has 0 atom stereocenters. The van der Waals surface area contributed by atoms with Crippen LogP contribution >= 0.6 is 11.8 Å². The van der Waals surface area contributed by atoms with Gasteiger partial charge in [-0.25, -0.2) is 9.89 Å². The van der Waals surface area contributed by atoms with Crippen LogP contribution < -0.4 is 5.69 Å². The first kappa shape index (κ1) is 11.4. The van der Waals surface area contributed by atoms with Crippen LogP contribution in [0.4, 0.5) is 0 Å². The van der Waals surface area contributed by atoms with Crippen molar-refractivity contribution in [2.24, 2.45) is 5.92 Å². The fourth-order valence-corrected chi connectivity index (χ4v) is 2.56. The topological polar surface area (TPSA) is 67.8 Å². The lowest BCUT2D eigenvalue weighted by atomic mass is 10.3. The van der Waals surface area contributed by atoms with Gasteiger partial charge in [0.05, 0.1) is 5.75 Å². The third-order valence-corrected chi connectivity index (χ3v) is 3.54. The molecule has 5 nitrogen and oxygen atoms in total. The minimum Gasteiger partial charge on any atom is -0.298 e. The summed E-state index contributed by atoms with van der Waals surface area (Å²) in [5, 5.41) is 6.94. The summed E-state index contributed by atoms with van der Waals surface area (Å²) in [4.78, 5) is 22.9. The molecule has 1 N–H and O–H groups in total. The van der Waals surface area contributed by atoms with Crippen LogP contribution in [0.2, 0.25) is 0 Å². The highest BCUT2D eigenvalue weighted by atomic mass is 32.2. The van der Waals surface area contributed by atoms with E-state index in [1.807, 2.05) is 13.8 Å². The summed E-state index contributed by atoms with van der Waals surface area (Å²) in [6.45, 7) is 3.84. The molecule has 0 unspecified atom stereocenters. The van der Waals surface area contributed by atoms with Crippen molar-refractivity contribution in [1.29, 1.82) is 0 Å². The molecule has 2 rings (SSSR count). The summed E-state index contributed by atoms with van der Waals surface area (Å²) < 4.78 is 1.57. The maximum absolute atomic E-state index is 11.5. The number of thioether (sulfide) groups is 1. The largest absolute Gasteiger partial charge is 0.344 e. The zero-order valence-corrected chi connectivity index (χ0v) is 10.2.